The standard InChI is InChI=1S/C11H16BrN3O/c1-3-15(2)7-6-13-11(16)9-4-5-10(12)14-8-9/h4-5,8H,3,6-7H2,1-2H3,(H,13,16). The zero-order valence-electron chi connectivity index (χ0n) is 9.53. The van der Waals surface area contributed by atoms with Gasteiger partial charge >= 0.3 is 0 Å². The Balaban J connectivity index is 2.38. The molecule has 0 aliphatic carbocycles. The molecule has 88 valence electrons. The van der Waals surface area contributed by atoms with Crippen molar-refractivity contribution in [3.8, 4) is 0 Å². The van der Waals surface area contributed by atoms with Crippen LogP contribution >= 0.6 is 15.9 Å². The number of nitrogens with one attached hydrogen (secondary N) is 1. The molecule has 0 bridgehead atoms. The van der Waals surface area contributed by atoms with Crippen LogP contribution in [0.15, 0.2) is 22.9 Å². The van der Waals surface area contributed by atoms with Crippen LogP contribution in [-0.4, -0.2) is 42.5 Å². The van der Waals surface area contributed by atoms with Crippen molar-refractivity contribution in [1.29, 1.82) is 0 Å². The molecule has 0 aliphatic rings. The highest BCUT2D eigenvalue weighted by Gasteiger charge is 2.05. The number of aromatic nitrogens is 1. The normalized spacial score (nSPS) is 10.5. The quantitative estimate of drug-likeness (QED) is 0.835. The number of carbonyl (C=O) groups excluding carboxylic acids is 1. The Kier molecular flexibility index (Phi) is 5.42. The lowest BCUT2D eigenvalue weighted by Crippen LogP contribution is -2.32. The van der Waals surface area contributed by atoms with Crippen molar-refractivity contribution in [2.24, 2.45) is 0 Å². The van der Waals surface area contributed by atoms with Crippen LogP contribution in [0.1, 0.15) is 17.3 Å². The van der Waals surface area contributed by atoms with E-state index in [0.29, 0.717) is 12.1 Å². The molecule has 1 N–H and O–H groups in total. The number of amides is 1. The summed E-state index contributed by atoms with van der Waals surface area (Å²) in [5.74, 6) is -0.0792. The first-order valence-corrected chi connectivity index (χ1v) is 6.01. The van der Waals surface area contributed by atoms with E-state index in [0.717, 1.165) is 17.7 Å². The minimum atomic E-state index is -0.0792. The van der Waals surface area contributed by atoms with Crippen LogP contribution in [0.25, 0.3) is 0 Å². The Morgan fingerprint density at radius 1 is 1.56 bits per heavy atom. The SMILES string of the molecule is CCN(C)CCNC(=O)c1ccc(Br)nc1. The van der Waals surface area contributed by atoms with Gasteiger partial charge in [0.15, 0.2) is 0 Å². The number of rotatable bonds is 5. The average Bonchev–Trinajstić information content (AvgIpc) is 2.29. The fourth-order valence-corrected chi connectivity index (χ4v) is 1.37. The summed E-state index contributed by atoms with van der Waals surface area (Å²) in [4.78, 5) is 17.8. The highest BCUT2D eigenvalue weighted by atomic mass is 79.9. The van der Waals surface area contributed by atoms with Crippen LogP contribution in [0.2, 0.25) is 0 Å². The van der Waals surface area contributed by atoms with Crippen molar-refractivity contribution in [2.75, 3.05) is 26.7 Å². The molecule has 0 fully saturated rings. The molecule has 0 spiro atoms. The van der Waals surface area contributed by atoms with E-state index < -0.39 is 0 Å². The number of hydrogen-bond acceptors (Lipinski definition) is 3. The van der Waals surface area contributed by atoms with Crippen LogP contribution in [-0.2, 0) is 0 Å². The second-order valence-corrected chi connectivity index (χ2v) is 4.33. The number of pyridine rings is 1. The third kappa shape index (κ3) is 4.28. The number of hydrogen-bond donors (Lipinski definition) is 1. The lowest BCUT2D eigenvalue weighted by Gasteiger charge is -2.13. The van der Waals surface area contributed by atoms with Gasteiger partial charge in [0.2, 0.25) is 0 Å². The molecule has 1 heterocycles. The van der Waals surface area contributed by atoms with Crippen LogP contribution in [0.3, 0.4) is 0 Å². The van der Waals surface area contributed by atoms with Gasteiger partial charge in [-0.25, -0.2) is 4.98 Å². The van der Waals surface area contributed by atoms with Crippen molar-refractivity contribution >= 4 is 21.8 Å². The number of nitrogens with zero attached hydrogens (tertiary/aromatic N) is 2. The van der Waals surface area contributed by atoms with Gasteiger partial charge in [0.1, 0.15) is 4.60 Å². The van der Waals surface area contributed by atoms with Crippen LogP contribution in [0.5, 0.6) is 0 Å². The predicted molar refractivity (Wildman–Crippen MR) is 67.4 cm³/mol. The molecule has 0 saturated heterocycles. The highest BCUT2D eigenvalue weighted by Crippen LogP contribution is 2.05. The lowest BCUT2D eigenvalue weighted by molar-refractivity contribution is 0.0950. The second kappa shape index (κ2) is 6.60. The Morgan fingerprint density at radius 2 is 2.31 bits per heavy atom. The summed E-state index contributed by atoms with van der Waals surface area (Å²) < 4.78 is 0.731. The van der Waals surface area contributed by atoms with E-state index >= 15 is 0 Å². The predicted octanol–water partition coefficient (Wildman–Crippen LogP) is 1.53. The summed E-state index contributed by atoms with van der Waals surface area (Å²) in [7, 11) is 2.02. The highest BCUT2D eigenvalue weighted by molar-refractivity contribution is 9.10. The second-order valence-electron chi connectivity index (χ2n) is 3.52. The van der Waals surface area contributed by atoms with E-state index in [1.807, 2.05) is 7.05 Å². The maximum Gasteiger partial charge on any atom is 0.252 e. The molecule has 1 aromatic heterocycles. The zero-order valence-corrected chi connectivity index (χ0v) is 11.1. The van der Waals surface area contributed by atoms with Crippen molar-refractivity contribution in [2.45, 2.75) is 6.92 Å². The topological polar surface area (TPSA) is 45.2 Å². The molecule has 1 aromatic rings. The number of carbonyl (C=O) groups is 1. The van der Waals surface area contributed by atoms with Crippen molar-refractivity contribution in [3.63, 3.8) is 0 Å². The maximum atomic E-state index is 11.6. The van der Waals surface area contributed by atoms with E-state index in [4.69, 9.17) is 0 Å². The Morgan fingerprint density at radius 3 is 2.88 bits per heavy atom. The summed E-state index contributed by atoms with van der Waals surface area (Å²) in [6.45, 7) is 4.57. The molecule has 1 rings (SSSR count). The van der Waals surface area contributed by atoms with E-state index in [1.54, 1.807) is 18.3 Å². The summed E-state index contributed by atoms with van der Waals surface area (Å²) in [5.41, 5.74) is 0.586. The smallest absolute Gasteiger partial charge is 0.252 e. The molecular weight excluding hydrogens is 270 g/mol. The molecule has 5 heteroatoms. The first kappa shape index (κ1) is 13.1. The van der Waals surface area contributed by atoms with E-state index in [1.165, 1.54) is 0 Å². The van der Waals surface area contributed by atoms with Crippen LogP contribution in [0.4, 0.5) is 0 Å². The molecule has 0 unspecified atom stereocenters. The van der Waals surface area contributed by atoms with Gasteiger partial charge in [-0.2, -0.15) is 0 Å². The minimum Gasteiger partial charge on any atom is -0.351 e. The molecule has 0 atom stereocenters. The van der Waals surface area contributed by atoms with Crippen molar-refractivity contribution < 1.29 is 4.79 Å². The number of halogens is 1. The number of likely N-dealkylation sites (N-methyl/N-ethyl adjacent to an activating group) is 1. The first-order valence-electron chi connectivity index (χ1n) is 5.21. The largest absolute Gasteiger partial charge is 0.351 e. The van der Waals surface area contributed by atoms with Crippen LogP contribution < -0.4 is 5.32 Å². The Labute approximate surface area is 104 Å². The molecule has 1 amide bonds. The molecule has 4 nitrogen and oxygen atoms in total. The monoisotopic (exact) mass is 285 g/mol. The van der Waals surface area contributed by atoms with Gasteiger partial charge in [-0.3, -0.25) is 4.79 Å². The fraction of sp³-hybridized carbons (Fsp3) is 0.455. The fourth-order valence-electron chi connectivity index (χ4n) is 1.13. The summed E-state index contributed by atoms with van der Waals surface area (Å²) in [6, 6.07) is 3.50. The molecule has 0 aliphatic heterocycles. The van der Waals surface area contributed by atoms with Crippen molar-refractivity contribution in [1.82, 2.24) is 15.2 Å². The van der Waals surface area contributed by atoms with Crippen LogP contribution in [0, 0.1) is 0 Å². The summed E-state index contributed by atoms with van der Waals surface area (Å²) in [5, 5.41) is 2.85. The first-order chi connectivity index (χ1) is 7.63. The van der Waals surface area contributed by atoms with E-state index in [2.05, 4.69) is 38.1 Å². The molecule has 0 radical (unpaired) electrons. The lowest BCUT2D eigenvalue weighted by atomic mass is 10.3. The summed E-state index contributed by atoms with van der Waals surface area (Å²) >= 11 is 3.23. The zero-order chi connectivity index (χ0) is 12.0. The van der Waals surface area contributed by atoms with Gasteiger partial charge in [0.05, 0.1) is 5.56 Å². The molecule has 16 heavy (non-hydrogen) atoms. The summed E-state index contributed by atoms with van der Waals surface area (Å²) in [6.07, 6.45) is 1.56. The Hall–Kier alpha value is -0.940. The van der Waals surface area contributed by atoms with E-state index in [9.17, 15) is 4.79 Å². The third-order valence-electron chi connectivity index (χ3n) is 2.31. The van der Waals surface area contributed by atoms with Gasteiger partial charge in [-0.15, -0.1) is 0 Å². The molecule has 0 saturated carbocycles. The van der Waals surface area contributed by atoms with Gasteiger partial charge in [0.25, 0.3) is 5.91 Å². The van der Waals surface area contributed by atoms with Gasteiger partial charge in [-0.05, 0) is 41.7 Å². The molecule has 0 aromatic carbocycles. The minimum absolute atomic E-state index is 0.0792. The average molecular weight is 286 g/mol. The molecular formula is C11H16BrN3O. The van der Waals surface area contributed by atoms with Gasteiger partial charge in [0, 0.05) is 19.3 Å². The van der Waals surface area contributed by atoms with E-state index in [-0.39, 0.29) is 5.91 Å². The van der Waals surface area contributed by atoms with Crippen molar-refractivity contribution in [3.05, 3.63) is 28.5 Å². The third-order valence-corrected chi connectivity index (χ3v) is 2.78. The van der Waals surface area contributed by atoms with Gasteiger partial charge in [-0.1, -0.05) is 6.92 Å². The Bertz CT molecular complexity index is 340. The maximum absolute atomic E-state index is 11.6. The van der Waals surface area contributed by atoms with Gasteiger partial charge < -0.3 is 10.2 Å².